The molecule has 0 saturated carbocycles. The van der Waals surface area contributed by atoms with Crippen LogP contribution < -0.4 is 4.74 Å². The Labute approximate surface area is 144 Å². The van der Waals surface area contributed by atoms with E-state index in [4.69, 9.17) is 9.47 Å². The number of fused-ring (bicyclic) bond motifs is 4. The predicted octanol–water partition coefficient (Wildman–Crippen LogP) is 4.77. The number of para-hydroxylation sites is 1. The predicted molar refractivity (Wildman–Crippen MR) is 95.5 cm³/mol. The molecule has 3 nitrogen and oxygen atoms in total. The van der Waals surface area contributed by atoms with Crippen molar-refractivity contribution < 1.29 is 9.47 Å². The van der Waals surface area contributed by atoms with E-state index in [-0.39, 0.29) is 6.10 Å². The molecular weight excluding hydrogens is 354 g/mol. The summed E-state index contributed by atoms with van der Waals surface area (Å²) in [6.07, 6.45) is 1.08. The maximum Gasteiger partial charge on any atom is 0.138 e. The summed E-state index contributed by atoms with van der Waals surface area (Å²) < 4.78 is 13.5. The van der Waals surface area contributed by atoms with E-state index in [9.17, 15) is 0 Å². The van der Waals surface area contributed by atoms with Gasteiger partial charge in [0, 0.05) is 28.6 Å². The summed E-state index contributed by atoms with van der Waals surface area (Å²) in [6, 6.07) is 14.3. The van der Waals surface area contributed by atoms with Crippen LogP contribution in [0.15, 0.2) is 46.9 Å². The van der Waals surface area contributed by atoms with Gasteiger partial charge in [-0.05, 0) is 38.4 Å². The molecule has 2 aromatic carbocycles. The van der Waals surface area contributed by atoms with Gasteiger partial charge < -0.3 is 14.4 Å². The van der Waals surface area contributed by atoms with Crippen molar-refractivity contribution in [3.05, 3.63) is 58.1 Å². The Hall–Kier alpha value is -1.78. The molecule has 23 heavy (non-hydrogen) atoms. The molecule has 0 aliphatic carbocycles. The lowest BCUT2D eigenvalue weighted by atomic mass is 9.98. The highest BCUT2D eigenvalue weighted by atomic mass is 79.9. The maximum atomic E-state index is 6.33. The minimum atomic E-state index is 0.174. The Morgan fingerprint density at radius 3 is 2.70 bits per heavy atom. The minimum Gasteiger partial charge on any atom is -0.488 e. The van der Waals surface area contributed by atoms with Crippen LogP contribution in [0.1, 0.15) is 17.5 Å². The number of likely N-dealkylation sites (N-methyl/N-ethyl adjacent to an activating group) is 1. The first-order valence-corrected chi connectivity index (χ1v) is 8.53. The van der Waals surface area contributed by atoms with Gasteiger partial charge in [-0.3, -0.25) is 0 Å². The molecule has 0 bridgehead atoms. The molecule has 0 N–H and O–H groups in total. The third kappa shape index (κ3) is 2.66. The molecular formula is C19H18BrNO2. The number of halogens is 1. The molecule has 0 aromatic heterocycles. The van der Waals surface area contributed by atoms with Crippen molar-refractivity contribution in [2.45, 2.75) is 12.5 Å². The highest BCUT2D eigenvalue weighted by Crippen LogP contribution is 2.48. The number of hydrogen-bond donors (Lipinski definition) is 0. The molecule has 0 spiro atoms. The van der Waals surface area contributed by atoms with Crippen LogP contribution in [0.25, 0.3) is 11.3 Å². The first-order chi connectivity index (χ1) is 11.1. The lowest BCUT2D eigenvalue weighted by Gasteiger charge is -2.19. The number of nitrogens with zero attached hydrogens (tertiary/aromatic N) is 1. The molecule has 0 radical (unpaired) electrons. The van der Waals surface area contributed by atoms with Crippen LogP contribution in [-0.4, -0.2) is 31.6 Å². The summed E-state index contributed by atoms with van der Waals surface area (Å²) >= 11 is 3.56. The average molecular weight is 372 g/mol. The zero-order chi connectivity index (χ0) is 16.0. The van der Waals surface area contributed by atoms with Gasteiger partial charge in [0.25, 0.3) is 0 Å². The molecule has 2 heterocycles. The van der Waals surface area contributed by atoms with E-state index >= 15 is 0 Å². The van der Waals surface area contributed by atoms with Crippen molar-refractivity contribution in [2.24, 2.45) is 0 Å². The Morgan fingerprint density at radius 1 is 1.09 bits per heavy atom. The van der Waals surface area contributed by atoms with Gasteiger partial charge in [-0.1, -0.05) is 34.1 Å². The third-order valence-electron chi connectivity index (χ3n) is 4.18. The molecule has 118 valence electrons. The van der Waals surface area contributed by atoms with Crippen molar-refractivity contribution in [1.82, 2.24) is 4.90 Å². The van der Waals surface area contributed by atoms with Crippen LogP contribution >= 0.6 is 15.9 Å². The van der Waals surface area contributed by atoms with E-state index in [1.807, 2.05) is 24.3 Å². The van der Waals surface area contributed by atoms with Crippen LogP contribution in [0.4, 0.5) is 0 Å². The summed E-state index contributed by atoms with van der Waals surface area (Å²) in [7, 11) is 4.16. The van der Waals surface area contributed by atoms with Gasteiger partial charge in [-0.25, -0.2) is 0 Å². The normalized spacial score (nSPS) is 18.7. The second kappa shape index (κ2) is 5.69. The molecule has 0 amide bonds. The van der Waals surface area contributed by atoms with Crippen molar-refractivity contribution in [1.29, 1.82) is 0 Å². The summed E-state index contributed by atoms with van der Waals surface area (Å²) in [4.78, 5) is 2.17. The lowest BCUT2D eigenvalue weighted by molar-refractivity contribution is 0.151. The molecule has 4 rings (SSSR count). The van der Waals surface area contributed by atoms with Gasteiger partial charge >= 0.3 is 0 Å². The van der Waals surface area contributed by atoms with Crippen molar-refractivity contribution >= 4 is 27.3 Å². The SMILES string of the molecule is CN(C)CC1CC2=C(O1)c1cc(Br)ccc1Oc1ccccc12. The smallest absolute Gasteiger partial charge is 0.138 e. The van der Waals surface area contributed by atoms with Gasteiger partial charge in [-0.15, -0.1) is 0 Å². The Kier molecular flexibility index (Phi) is 3.66. The van der Waals surface area contributed by atoms with E-state index < -0.39 is 0 Å². The monoisotopic (exact) mass is 371 g/mol. The molecule has 2 aliphatic rings. The lowest BCUT2D eigenvalue weighted by Crippen LogP contribution is -2.25. The van der Waals surface area contributed by atoms with E-state index in [0.717, 1.165) is 45.8 Å². The zero-order valence-corrected chi connectivity index (χ0v) is 14.8. The van der Waals surface area contributed by atoms with Crippen molar-refractivity contribution in [3.63, 3.8) is 0 Å². The van der Waals surface area contributed by atoms with E-state index in [1.54, 1.807) is 0 Å². The Morgan fingerprint density at radius 2 is 1.87 bits per heavy atom. The standard InChI is InChI=1S/C19H18BrNO2/c1-21(2)11-13-10-15-14-5-3-4-6-17(14)23-18-8-7-12(20)9-16(18)19(15)22-13/h3-9,13H,10-11H2,1-2H3. The maximum absolute atomic E-state index is 6.33. The van der Waals surface area contributed by atoms with Crippen molar-refractivity contribution in [3.8, 4) is 11.5 Å². The molecule has 0 fully saturated rings. The molecule has 0 saturated heterocycles. The minimum absolute atomic E-state index is 0.174. The summed E-state index contributed by atoms with van der Waals surface area (Å²) in [6.45, 7) is 0.902. The van der Waals surface area contributed by atoms with Crippen LogP contribution in [0.3, 0.4) is 0 Å². The fraction of sp³-hybridized carbons (Fsp3) is 0.263. The number of rotatable bonds is 2. The topological polar surface area (TPSA) is 21.7 Å². The van der Waals surface area contributed by atoms with E-state index in [2.05, 4.69) is 53.1 Å². The van der Waals surface area contributed by atoms with Gasteiger partial charge in [0.05, 0.1) is 5.56 Å². The Balaban J connectivity index is 1.86. The largest absolute Gasteiger partial charge is 0.488 e. The second-order valence-electron chi connectivity index (χ2n) is 6.25. The van der Waals surface area contributed by atoms with Crippen LogP contribution in [0.2, 0.25) is 0 Å². The fourth-order valence-corrected chi connectivity index (χ4v) is 3.62. The van der Waals surface area contributed by atoms with E-state index in [0.29, 0.717) is 0 Å². The summed E-state index contributed by atoms with van der Waals surface area (Å²) in [5, 5.41) is 0. The molecule has 2 aliphatic heterocycles. The first kappa shape index (κ1) is 14.8. The fourth-order valence-electron chi connectivity index (χ4n) is 3.26. The highest BCUT2D eigenvalue weighted by molar-refractivity contribution is 9.10. The average Bonchev–Trinajstić information content (AvgIpc) is 2.87. The Bertz CT molecular complexity index is 798. The van der Waals surface area contributed by atoms with Gasteiger partial charge in [0.1, 0.15) is 23.4 Å². The summed E-state index contributed by atoms with van der Waals surface area (Å²) in [5.41, 5.74) is 3.40. The van der Waals surface area contributed by atoms with Crippen LogP contribution in [-0.2, 0) is 4.74 Å². The van der Waals surface area contributed by atoms with E-state index in [1.165, 1.54) is 5.57 Å². The number of benzene rings is 2. The van der Waals surface area contributed by atoms with Gasteiger partial charge in [0.15, 0.2) is 0 Å². The van der Waals surface area contributed by atoms with Crippen molar-refractivity contribution in [2.75, 3.05) is 20.6 Å². The summed E-state index contributed by atoms with van der Waals surface area (Å²) in [5.74, 6) is 2.70. The first-order valence-electron chi connectivity index (χ1n) is 7.73. The number of ether oxygens (including phenoxy) is 2. The third-order valence-corrected chi connectivity index (χ3v) is 4.67. The molecule has 1 atom stereocenters. The number of hydrogen-bond acceptors (Lipinski definition) is 3. The highest BCUT2D eigenvalue weighted by Gasteiger charge is 2.33. The van der Waals surface area contributed by atoms with Gasteiger partial charge in [-0.2, -0.15) is 0 Å². The zero-order valence-electron chi connectivity index (χ0n) is 13.2. The van der Waals surface area contributed by atoms with Crippen LogP contribution in [0, 0.1) is 0 Å². The van der Waals surface area contributed by atoms with Crippen LogP contribution in [0.5, 0.6) is 11.5 Å². The van der Waals surface area contributed by atoms with Gasteiger partial charge in [0.2, 0.25) is 0 Å². The molecule has 1 unspecified atom stereocenters. The molecule has 2 aromatic rings. The molecule has 4 heteroatoms. The second-order valence-corrected chi connectivity index (χ2v) is 7.17. The quantitative estimate of drug-likeness (QED) is 0.758.